The van der Waals surface area contributed by atoms with E-state index in [0.29, 0.717) is 16.6 Å². The summed E-state index contributed by atoms with van der Waals surface area (Å²) in [5.74, 6) is 0.0150. The molecular weight excluding hydrogens is 274 g/mol. The number of esters is 1. The van der Waals surface area contributed by atoms with Crippen molar-refractivity contribution < 1.29 is 14.3 Å². The molecule has 0 bridgehead atoms. The molecule has 4 nitrogen and oxygen atoms in total. The van der Waals surface area contributed by atoms with Crippen molar-refractivity contribution in [1.29, 1.82) is 5.26 Å². The minimum Gasteiger partial charge on any atom is -0.496 e. The summed E-state index contributed by atoms with van der Waals surface area (Å²) in [7, 11) is 2.79. The van der Waals surface area contributed by atoms with Crippen LogP contribution in [0.15, 0.2) is 12.1 Å². The third-order valence-electron chi connectivity index (χ3n) is 2.13. The number of nitriles is 1. The minimum absolute atomic E-state index is 0.251. The maximum absolute atomic E-state index is 11.6. The second kappa shape index (κ2) is 5.52. The lowest BCUT2D eigenvalue weighted by Crippen LogP contribution is -2.09. The topological polar surface area (TPSA) is 59.3 Å². The highest BCUT2D eigenvalue weighted by Gasteiger charge is 2.20. The van der Waals surface area contributed by atoms with Gasteiger partial charge in [-0.2, -0.15) is 5.26 Å². The first-order valence-corrected chi connectivity index (χ1v) is 5.56. The van der Waals surface area contributed by atoms with Gasteiger partial charge in [-0.05, 0) is 12.1 Å². The SMILES string of the molecule is COC(=O)c1c(C#N)ccc(OC)c1CBr. The zero-order valence-electron chi connectivity index (χ0n) is 8.91. The number of ether oxygens (including phenoxy) is 2. The zero-order valence-corrected chi connectivity index (χ0v) is 10.5. The molecule has 0 spiro atoms. The fourth-order valence-corrected chi connectivity index (χ4v) is 1.94. The smallest absolute Gasteiger partial charge is 0.339 e. The quantitative estimate of drug-likeness (QED) is 0.631. The molecule has 0 aliphatic carbocycles. The monoisotopic (exact) mass is 283 g/mol. The number of carbonyl (C=O) groups excluding carboxylic acids is 1. The minimum atomic E-state index is -0.537. The molecule has 0 aliphatic rings. The number of rotatable bonds is 3. The molecule has 0 aliphatic heterocycles. The van der Waals surface area contributed by atoms with Gasteiger partial charge < -0.3 is 9.47 Å². The van der Waals surface area contributed by atoms with Crippen LogP contribution in [0.4, 0.5) is 0 Å². The number of hydrogen-bond acceptors (Lipinski definition) is 4. The average molecular weight is 284 g/mol. The maximum Gasteiger partial charge on any atom is 0.339 e. The summed E-state index contributed by atoms with van der Waals surface area (Å²) in [6, 6.07) is 5.15. The Bertz CT molecular complexity index is 451. The van der Waals surface area contributed by atoms with E-state index >= 15 is 0 Å². The molecule has 84 valence electrons. The Morgan fingerprint density at radius 1 is 1.50 bits per heavy atom. The van der Waals surface area contributed by atoms with Crippen molar-refractivity contribution in [1.82, 2.24) is 0 Å². The van der Waals surface area contributed by atoms with Crippen LogP contribution in [0.1, 0.15) is 21.5 Å². The summed E-state index contributed by atoms with van der Waals surface area (Å²) in [6.07, 6.45) is 0. The molecule has 0 aromatic heterocycles. The summed E-state index contributed by atoms with van der Waals surface area (Å²) in [5, 5.41) is 9.35. The Morgan fingerprint density at radius 3 is 2.62 bits per heavy atom. The number of benzene rings is 1. The van der Waals surface area contributed by atoms with Gasteiger partial charge in [0.2, 0.25) is 0 Å². The van der Waals surface area contributed by atoms with Crippen LogP contribution in [-0.4, -0.2) is 20.2 Å². The molecule has 1 aromatic carbocycles. The Hall–Kier alpha value is -1.54. The van der Waals surface area contributed by atoms with E-state index in [-0.39, 0.29) is 11.1 Å². The molecule has 0 unspecified atom stereocenters. The second-order valence-corrected chi connectivity index (χ2v) is 3.47. The van der Waals surface area contributed by atoms with Crippen molar-refractivity contribution in [3.8, 4) is 11.8 Å². The van der Waals surface area contributed by atoms with E-state index < -0.39 is 5.97 Å². The summed E-state index contributed by atoms with van der Waals surface area (Å²) >= 11 is 3.26. The van der Waals surface area contributed by atoms with Crippen molar-refractivity contribution in [3.05, 3.63) is 28.8 Å². The van der Waals surface area contributed by atoms with Crippen molar-refractivity contribution in [2.24, 2.45) is 0 Å². The van der Waals surface area contributed by atoms with Gasteiger partial charge in [0, 0.05) is 10.9 Å². The van der Waals surface area contributed by atoms with E-state index in [2.05, 4.69) is 20.7 Å². The van der Waals surface area contributed by atoms with E-state index in [1.807, 2.05) is 6.07 Å². The molecule has 1 aromatic rings. The Balaban J connectivity index is 3.50. The molecule has 0 atom stereocenters. The van der Waals surface area contributed by atoms with E-state index in [9.17, 15) is 4.79 Å². The van der Waals surface area contributed by atoms with Gasteiger partial charge >= 0.3 is 5.97 Å². The zero-order chi connectivity index (χ0) is 12.1. The largest absolute Gasteiger partial charge is 0.496 e. The third kappa shape index (κ3) is 2.17. The molecule has 0 heterocycles. The number of carbonyl (C=O) groups is 1. The number of alkyl halides is 1. The fourth-order valence-electron chi connectivity index (χ4n) is 1.38. The molecule has 1 rings (SSSR count). The summed E-state index contributed by atoms with van der Waals surface area (Å²) in [5.41, 5.74) is 1.15. The van der Waals surface area contributed by atoms with Gasteiger partial charge in [-0.15, -0.1) is 0 Å². The van der Waals surface area contributed by atoms with Crippen LogP contribution in [0.2, 0.25) is 0 Å². The molecule has 16 heavy (non-hydrogen) atoms. The highest BCUT2D eigenvalue weighted by atomic mass is 79.9. The first-order valence-electron chi connectivity index (χ1n) is 4.43. The first kappa shape index (κ1) is 12.5. The molecule has 0 amide bonds. The maximum atomic E-state index is 11.6. The van der Waals surface area contributed by atoms with Crippen molar-refractivity contribution in [3.63, 3.8) is 0 Å². The molecule has 0 N–H and O–H groups in total. The molecule has 0 fully saturated rings. The number of hydrogen-bond donors (Lipinski definition) is 0. The van der Waals surface area contributed by atoms with Crippen LogP contribution in [0.3, 0.4) is 0 Å². The first-order chi connectivity index (χ1) is 7.69. The van der Waals surface area contributed by atoms with E-state index in [1.165, 1.54) is 20.3 Å². The normalized spacial score (nSPS) is 9.38. The number of halogens is 1. The van der Waals surface area contributed by atoms with Crippen LogP contribution in [0.25, 0.3) is 0 Å². The summed E-state index contributed by atoms with van der Waals surface area (Å²) in [6.45, 7) is 0. The second-order valence-electron chi connectivity index (χ2n) is 2.91. The lowest BCUT2D eigenvalue weighted by atomic mass is 10.0. The van der Waals surface area contributed by atoms with Crippen molar-refractivity contribution >= 4 is 21.9 Å². The molecular formula is C11H10BrNO3. The van der Waals surface area contributed by atoms with Crippen LogP contribution in [0, 0.1) is 11.3 Å². The molecule has 0 saturated carbocycles. The third-order valence-corrected chi connectivity index (χ3v) is 2.69. The van der Waals surface area contributed by atoms with Gasteiger partial charge in [-0.1, -0.05) is 15.9 Å². The predicted molar refractivity (Wildman–Crippen MR) is 61.7 cm³/mol. The summed E-state index contributed by atoms with van der Waals surface area (Å²) < 4.78 is 9.78. The van der Waals surface area contributed by atoms with Gasteiger partial charge in [0.25, 0.3) is 0 Å². The van der Waals surface area contributed by atoms with Crippen LogP contribution >= 0.6 is 15.9 Å². The number of nitrogens with zero attached hydrogens (tertiary/aromatic N) is 1. The predicted octanol–water partition coefficient (Wildman–Crippen LogP) is 2.25. The Kier molecular flexibility index (Phi) is 4.32. The van der Waals surface area contributed by atoms with E-state index in [0.717, 1.165) is 0 Å². The van der Waals surface area contributed by atoms with E-state index in [4.69, 9.17) is 10.00 Å². The lowest BCUT2D eigenvalue weighted by molar-refractivity contribution is 0.0599. The van der Waals surface area contributed by atoms with Gasteiger partial charge in [0.05, 0.1) is 25.3 Å². The highest BCUT2D eigenvalue weighted by Crippen LogP contribution is 2.28. The summed E-state index contributed by atoms with van der Waals surface area (Å²) in [4.78, 5) is 11.6. The molecule has 0 saturated heterocycles. The van der Waals surface area contributed by atoms with Crippen LogP contribution < -0.4 is 4.74 Å². The molecule has 0 radical (unpaired) electrons. The Labute approximate surface area is 102 Å². The lowest BCUT2D eigenvalue weighted by Gasteiger charge is -2.11. The molecule has 5 heteroatoms. The van der Waals surface area contributed by atoms with E-state index in [1.54, 1.807) is 6.07 Å². The number of methoxy groups -OCH3 is 2. The van der Waals surface area contributed by atoms with Gasteiger partial charge in [0.1, 0.15) is 11.8 Å². The van der Waals surface area contributed by atoms with Gasteiger partial charge in [0.15, 0.2) is 0 Å². The van der Waals surface area contributed by atoms with Gasteiger partial charge in [-0.3, -0.25) is 0 Å². The average Bonchev–Trinajstić information content (AvgIpc) is 2.35. The van der Waals surface area contributed by atoms with Crippen molar-refractivity contribution in [2.75, 3.05) is 14.2 Å². The standard InChI is InChI=1S/C11H10BrNO3/c1-15-9-4-3-7(6-13)10(8(9)5-12)11(14)16-2/h3-4H,5H2,1-2H3. The fraction of sp³-hybridized carbons (Fsp3) is 0.273. The highest BCUT2D eigenvalue weighted by molar-refractivity contribution is 9.08. The Morgan fingerprint density at radius 2 is 2.19 bits per heavy atom. The van der Waals surface area contributed by atoms with Gasteiger partial charge in [-0.25, -0.2) is 4.79 Å². The van der Waals surface area contributed by atoms with Crippen LogP contribution in [-0.2, 0) is 10.1 Å². The van der Waals surface area contributed by atoms with Crippen molar-refractivity contribution in [2.45, 2.75) is 5.33 Å². The van der Waals surface area contributed by atoms with Crippen LogP contribution in [0.5, 0.6) is 5.75 Å².